The normalized spacial score (nSPS) is 25.7. The third kappa shape index (κ3) is 4.04. The number of rotatable bonds is 7. The fraction of sp³-hybridized carbons (Fsp3) is 0.385. The molecule has 2 aliphatic carbocycles. The summed E-state index contributed by atoms with van der Waals surface area (Å²) in [6.45, 7) is 0.963. The maximum atomic E-state index is 12.9. The molecule has 1 N–H and O–H groups in total. The van der Waals surface area contributed by atoms with Gasteiger partial charge in [-0.15, -0.1) is 0 Å². The van der Waals surface area contributed by atoms with E-state index in [-0.39, 0.29) is 35.5 Å². The van der Waals surface area contributed by atoms with Crippen molar-refractivity contribution in [3.63, 3.8) is 0 Å². The van der Waals surface area contributed by atoms with Crippen LogP contribution in [0, 0.1) is 23.7 Å². The number of imide groups is 1. The first-order valence-corrected chi connectivity index (χ1v) is 11.6. The van der Waals surface area contributed by atoms with Gasteiger partial charge in [-0.2, -0.15) is 0 Å². The number of ether oxygens (including phenoxy) is 2. The summed E-state index contributed by atoms with van der Waals surface area (Å²) in [5, 5.41) is 2.65. The number of hydrogen-bond acceptors (Lipinski definition) is 6. The van der Waals surface area contributed by atoms with E-state index in [9.17, 15) is 19.2 Å². The van der Waals surface area contributed by atoms with Crippen LogP contribution in [0.2, 0.25) is 0 Å². The van der Waals surface area contributed by atoms with E-state index >= 15 is 0 Å². The van der Waals surface area contributed by atoms with Crippen LogP contribution in [0.3, 0.4) is 0 Å². The van der Waals surface area contributed by atoms with Crippen LogP contribution < -0.4 is 10.1 Å². The molecule has 5 rings (SSSR count). The molecule has 1 heterocycles. The van der Waals surface area contributed by atoms with Crippen LogP contribution in [-0.2, 0) is 23.9 Å². The zero-order valence-electron chi connectivity index (χ0n) is 18.8. The Morgan fingerprint density at radius 3 is 2.15 bits per heavy atom. The lowest BCUT2D eigenvalue weighted by atomic mass is 9.81. The molecule has 3 amide bonds. The fourth-order valence-electron chi connectivity index (χ4n) is 5.60. The van der Waals surface area contributed by atoms with Gasteiger partial charge in [0, 0.05) is 5.69 Å². The molecular formula is C26H26N2O6. The van der Waals surface area contributed by atoms with Gasteiger partial charge in [0.25, 0.3) is 5.91 Å². The Kier molecular flexibility index (Phi) is 5.81. The van der Waals surface area contributed by atoms with E-state index in [1.165, 1.54) is 6.92 Å². The first-order valence-electron chi connectivity index (χ1n) is 11.6. The highest BCUT2D eigenvalue weighted by molar-refractivity contribution is 6.08. The Morgan fingerprint density at radius 2 is 1.53 bits per heavy atom. The van der Waals surface area contributed by atoms with E-state index in [4.69, 9.17) is 9.47 Å². The number of likely N-dealkylation sites (tertiary alicyclic amines) is 1. The summed E-state index contributed by atoms with van der Waals surface area (Å²) in [5.74, 6) is -0.610. The Bertz CT molecular complexity index is 1090. The van der Waals surface area contributed by atoms with E-state index in [1.54, 1.807) is 24.3 Å². The molecule has 2 bridgehead atoms. The van der Waals surface area contributed by atoms with Crippen molar-refractivity contribution in [1.29, 1.82) is 0 Å². The van der Waals surface area contributed by atoms with Crippen LogP contribution >= 0.6 is 0 Å². The lowest BCUT2D eigenvalue weighted by Gasteiger charge is -2.23. The molecule has 0 unspecified atom stereocenters. The summed E-state index contributed by atoms with van der Waals surface area (Å²) in [6, 6.07) is 15.0. The van der Waals surface area contributed by atoms with Gasteiger partial charge in [-0.3, -0.25) is 19.3 Å². The van der Waals surface area contributed by atoms with Gasteiger partial charge in [0.1, 0.15) is 17.5 Å². The highest BCUT2D eigenvalue weighted by Gasteiger charge is 2.62. The van der Waals surface area contributed by atoms with E-state index in [2.05, 4.69) is 5.32 Å². The van der Waals surface area contributed by atoms with Crippen molar-refractivity contribution < 1.29 is 28.7 Å². The number of carbonyl (C=O) groups is 4. The summed E-state index contributed by atoms with van der Waals surface area (Å²) in [5.41, 5.74) is 0.516. The van der Waals surface area contributed by atoms with Crippen molar-refractivity contribution in [3.8, 4) is 11.5 Å². The first-order chi connectivity index (χ1) is 16.4. The number of hydrogen-bond donors (Lipinski definition) is 1. The minimum atomic E-state index is -1.05. The van der Waals surface area contributed by atoms with Crippen molar-refractivity contribution >= 4 is 29.4 Å². The highest BCUT2D eigenvalue weighted by atomic mass is 16.5. The van der Waals surface area contributed by atoms with Gasteiger partial charge in [0.2, 0.25) is 11.8 Å². The van der Waals surface area contributed by atoms with Gasteiger partial charge in [-0.1, -0.05) is 18.2 Å². The number of esters is 1. The van der Waals surface area contributed by atoms with E-state index in [0.29, 0.717) is 17.2 Å². The molecule has 0 spiro atoms. The number of fused-ring (bicyclic) bond motifs is 5. The molecule has 2 aromatic rings. The van der Waals surface area contributed by atoms with Crippen molar-refractivity contribution in [2.75, 3.05) is 11.9 Å². The molecule has 3 fully saturated rings. The molecule has 0 radical (unpaired) electrons. The average molecular weight is 463 g/mol. The van der Waals surface area contributed by atoms with Gasteiger partial charge in [-0.05, 0) is 74.4 Å². The van der Waals surface area contributed by atoms with Crippen LogP contribution in [-0.4, -0.2) is 41.2 Å². The second kappa shape index (κ2) is 8.93. The average Bonchev–Trinajstić information content (AvgIpc) is 3.52. The Balaban J connectivity index is 1.12. The van der Waals surface area contributed by atoms with Gasteiger partial charge in [0.15, 0.2) is 6.61 Å². The van der Waals surface area contributed by atoms with Crippen molar-refractivity contribution in [3.05, 3.63) is 54.6 Å². The quantitative estimate of drug-likeness (QED) is 0.500. The minimum absolute atomic E-state index is 0.245. The number of carbonyl (C=O) groups excluding carboxylic acids is 4. The minimum Gasteiger partial charge on any atom is -0.457 e. The van der Waals surface area contributed by atoms with Crippen LogP contribution in [0.25, 0.3) is 0 Å². The molecule has 2 aromatic carbocycles. The fourth-order valence-corrected chi connectivity index (χ4v) is 5.60. The predicted octanol–water partition coefficient (Wildman–Crippen LogP) is 3.38. The summed E-state index contributed by atoms with van der Waals surface area (Å²) in [6.07, 6.45) is 2.87. The van der Waals surface area contributed by atoms with Crippen molar-refractivity contribution in [1.82, 2.24) is 4.90 Å². The number of amides is 3. The second-order valence-corrected chi connectivity index (χ2v) is 9.20. The lowest BCUT2D eigenvalue weighted by Crippen LogP contribution is -2.45. The second-order valence-electron chi connectivity index (χ2n) is 9.20. The van der Waals surface area contributed by atoms with Crippen molar-refractivity contribution in [2.24, 2.45) is 23.7 Å². The topological polar surface area (TPSA) is 102 Å². The van der Waals surface area contributed by atoms with Gasteiger partial charge >= 0.3 is 5.97 Å². The Morgan fingerprint density at radius 1 is 0.941 bits per heavy atom. The van der Waals surface area contributed by atoms with E-state index < -0.39 is 24.5 Å². The van der Waals surface area contributed by atoms with Crippen molar-refractivity contribution in [2.45, 2.75) is 32.2 Å². The summed E-state index contributed by atoms with van der Waals surface area (Å²) >= 11 is 0. The van der Waals surface area contributed by atoms with Crippen LogP contribution in [0.1, 0.15) is 26.2 Å². The van der Waals surface area contributed by atoms with Crippen LogP contribution in [0.15, 0.2) is 54.6 Å². The summed E-state index contributed by atoms with van der Waals surface area (Å²) < 4.78 is 10.8. The predicted molar refractivity (Wildman–Crippen MR) is 122 cm³/mol. The van der Waals surface area contributed by atoms with Crippen LogP contribution in [0.5, 0.6) is 11.5 Å². The number of nitrogens with one attached hydrogen (secondary N) is 1. The van der Waals surface area contributed by atoms with Gasteiger partial charge in [-0.25, -0.2) is 4.79 Å². The summed E-state index contributed by atoms with van der Waals surface area (Å²) in [7, 11) is 0. The molecule has 8 heteroatoms. The maximum Gasteiger partial charge on any atom is 0.329 e. The smallest absolute Gasteiger partial charge is 0.329 e. The summed E-state index contributed by atoms with van der Waals surface area (Å²) in [4.78, 5) is 51.6. The molecule has 5 atom stereocenters. The molecule has 1 aliphatic heterocycles. The number of para-hydroxylation sites is 1. The monoisotopic (exact) mass is 462 g/mol. The zero-order chi connectivity index (χ0) is 23.8. The number of nitrogens with zero attached hydrogens (tertiary/aromatic N) is 1. The molecule has 34 heavy (non-hydrogen) atoms. The molecule has 1 saturated heterocycles. The highest BCUT2D eigenvalue weighted by Crippen LogP contribution is 2.56. The third-order valence-corrected chi connectivity index (χ3v) is 7.15. The van der Waals surface area contributed by atoms with Gasteiger partial charge < -0.3 is 14.8 Å². The molecule has 176 valence electrons. The van der Waals surface area contributed by atoms with E-state index in [0.717, 1.165) is 24.2 Å². The zero-order valence-corrected chi connectivity index (χ0v) is 18.8. The molecular weight excluding hydrogens is 436 g/mol. The van der Waals surface area contributed by atoms with Crippen LogP contribution in [0.4, 0.5) is 5.69 Å². The molecule has 0 aromatic heterocycles. The number of benzene rings is 2. The molecule has 3 aliphatic rings. The maximum absolute atomic E-state index is 12.9. The van der Waals surface area contributed by atoms with Gasteiger partial charge in [0.05, 0.1) is 11.8 Å². The van der Waals surface area contributed by atoms with E-state index in [1.807, 2.05) is 30.3 Å². The molecule has 8 nitrogen and oxygen atoms in total. The standard InChI is InChI=1S/C26H26N2O6/c1-15(28-24(30)22-16-7-8-17(13-16)23(22)25(28)31)26(32)33-14-21(29)27-18-9-11-20(12-10-18)34-19-5-3-2-4-6-19/h2-6,9-12,15-17,22-23H,7-8,13-14H2,1H3,(H,27,29)/t15-,16+,17+,22-,23-/m1/s1. The Hall–Kier alpha value is -3.68. The Labute approximate surface area is 197 Å². The number of anilines is 1. The third-order valence-electron chi connectivity index (χ3n) is 7.15. The lowest BCUT2D eigenvalue weighted by molar-refractivity contribution is -0.159. The molecule has 2 saturated carbocycles. The SMILES string of the molecule is C[C@H](C(=O)OCC(=O)Nc1ccc(Oc2ccccc2)cc1)N1C(=O)[C@@H]2[C@H]3CC[C@@H](C3)[C@H]2C1=O. The first kappa shape index (κ1) is 22.1. The largest absolute Gasteiger partial charge is 0.457 e.